The molecule has 0 atom stereocenters. The van der Waals surface area contributed by atoms with Crippen LogP contribution in [0.3, 0.4) is 0 Å². The molecule has 2 heteroatoms. The zero-order valence-electron chi connectivity index (χ0n) is 11.2. The third kappa shape index (κ3) is 1.91. The standard InChI is InChI=1S/C19H11NS/c20-12-15-9-10-18(21-15)19-16-7-3-1-5-13(16)11-14-6-2-4-8-17(14)19/h1-11H. The van der Waals surface area contributed by atoms with Gasteiger partial charge in [0, 0.05) is 10.4 Å². The summed E-state index contributed by atoms with van der Waals surface area (Å²) in [6.45, 7) is 0. The second-order valence-electron chi connectivity index (χ2n) is 4.97. The number of nitrogens with zero attached hydrogens (tertiary/aromatic N) is 1. The molecule has 3 aromatic carbocycles. The van der Waals surface area contributed by atoms with Gasteiger partial charge in [0.15, 0.2) is 0 Å². The topological polar surface area (TPSA) is 23.8 Å². The Bertz CT molecular complexity index is 951. The highest BCUT2D eigenvalue weighted by Crippen LogP contribution is 2.39. The lowest BCUT2D eigenvalue weighted by atomic mass is 9.96. The molecular formula is C19H11NS. The quantitative estimate of drug-likeness (QED) is 0.418. The van der Waals surface area contributed by atoms with E-state index in [1.54, 1.807) is 11.3 Å². The fourth-order valence-electron chi connectivity index (χ4n) is 2.81. The first-order chi connectivity index (χ1) is 10.4. The Morgan fingerprint density at radius 3 is 1.95 bits per heavy atom. The molecule has 0 aliphatic rings. The monoisotopic (exact) mass is 285 g/mol. The SMILES string of the molecule is N#Cc1ccc(-c2c3ccccc3cc3ccccc23)s1. The van der Waals surface area contributed by atoms with Crippen molar-refractivity contribution in [2.24, 2.45) is 0 Å². The zero-order valence-corrected chi connectivity index (χ0v) is 12.0. The van der Waals surface area contributed by atoms with Gasteiger partial charge in [-0.2, -0.15) is 5.26 Å². The van der Waals surface area contributed by atoms with Crippen molar-refractivity contribution in [3.8, 4) is 16.5 Å². The van der Waals surface area contributed by atoms with Gasteiger partial charge in [0.25, 0.3) is 0 Å². The molecule has 0 fully saturated rings. The van der Waals surface area contributed by atoms with E-state index >= 15 is 0 Å². The maximum atomic E-state index is 9.08. The van der Waals surface area contributed by atoms with Gasteiger partial charge in [0.1, 0.15) is 10.9 Å². The number of benzene rings is 3. The molecule has 0 saturated heterocycles. The van der Waals surface area contributed by atoms with Crippen LogP contribution in [0.5, 0.6) is 0 Å². The van der Waals surface area contributed by atoms with Crippen LogP contribution in [0.15, 0.2) is 66.7 Å². The van der Waals surface area contributed by atoms with E-state index in [0.717, 1.165) is 9.75 Å². The average Bonchev–Trinajstić information content (AvgIpc) is 3.01. The Balaban J connectivity index is 2.19. The minimum Gasteiger partial charge on any atom is -0.192 e. The predicted octanol–water partition coefficient (Wildman–Crippen LogP) is 5.59. The minimum atomic E-state index is 0.752. The van der Waals surface area contributed by atoms with Gasteiger partial charge in [-0.3, -0.25) is 0 Å². The van der Waals surface area contributed by atoms with Crippen LogP contribution in [0, 0.1) is 11.3 Å². The van der Waals surface area contributed by atoms with Crippen LogP contribution in [0.4, 0.5) is 0 Å². The number of fused-ring (bicyclic) bond motifs is 2. The summed E-state index contributed by atoms with van der Waals surface area (Å²) in [5.74, 6) is 0. The lowest BCUT2D eigenvalue weighted by molar-refractivity contribution is 1.52. The average molecular weight is 285 g/mol. The number of thiophene rings is 1. The molecule has 21 heavy (non-hydrogen) atoms. The van der Waals surface area contributed by atoms with Crippen molar-refractivity contribution in [3.05, 3.63) is 71.6 Å². The first-order valence-corrected chi connectivity index (χ1v) is 7.59. The predicted molar refractivity (Wildman–Crippen MR) is 89.5 cm³/mol. The molecule has 0 aliphatic heterocycles. The molecule has 98 valence electrons. The maximum absolute atomic E-state index is 9.08. The molecular weight excluding hydrogens is 274 g/mol. The smallest absolute Gasteiger partial charge is 0.110 e. The van der Waals surface area contributed by atoms with E-state index in [0.29, 0.717) is 0 Å². The fourth-order valence-corrected chi connectivity index (χ4v) is 3.69. The van der Waals surface area contributed by atoms with E-state index in [1.165, 1.54) is 27.1 Å². The summed E-state index contributed by atoms with van der Waals surface area (Å²) < 4.78 is 0. The van der Waals surface area contributed by atoms with Crippen LogP contribution in [0.25, 0.3) is 32.0 Å². The highest BCUT2D eigenvalue weighted by atomic mass is 32.1. The summed E-state index contributed by atoms with van der Waals surface area (Å²) in [7, 11) is 0. The van der Waals surface area contributed by atoms with Crippen molar-refractivity contribution in [2.45, 2.75) is 0 Å². The van der Waals surface area contributed by atoms with Crippen LogP contribution < -0.4 is 0 Å². The summed E-state index contributed by atoms with van der Waals surface area (Å²) in [5.41, 5.74) is 1.23. The van der Waals surface area contributed by atoms with Gasteiger partial charge in [-0.25, -0.2) is 0 Å². The first-order valence-electron chi connectivity index (χ1n) is 6.77. The third-order valence-corrected chi connectivity index (χ3v) is 4.74. The normalized spacial score (nSPS) is 10.8. The summed E-state index contributed by atoms with van der Waals surface area (Å²) in [4.78, 5) is 1.90. The van der Waals surface area contributed by atoms with Crippen molar-refractivity contribution in [2.75, 3.05) is 0 Å². The molecule has 0 unspecified atom stereocenters. The summed E-state index contributed by atoms with van der Waals surface area (Å²) in [5, 5.41) is 14.0. The van der Waals surface area contributed by atoms with Crippen molar-refractivity contribution in [1.82, 2.24) is 0 Å². The number of rotatable bonds is 1. The van der Waals surface area contributed by atoms with Gasteiger partial charge in [-0.15, -0.1) is 11.3 Å². The number of hydrogen-bond acceptors (Lipinski definition) is 2. The molecule has 4 aromatic rings. The van der Waals surface area contributed by atoms with E-state index in [-0.39, 0.29) is 0 Å². The number of nitriles is 1. The molecule has 1 nitrogen and oxygen atoms in total. The molecule has 1 heterocycles. The second kappa shape index (κ2) is 4.73. The summed E-state index contributed by atoms with van der Waals surface area (Å²) >= 11 is 1.55. The second-order valence-corrected chi connectivity index (χ2v) is 6.05. The molecule has 0 aliphatic carbocycles. The molecule has 1 aromatic heterocycles. The minimum absolute atomic E-state index is 0.752. The van der Waals surface area contributed by atoms with E-state index in [2.05, 4.69) is 66.7 Å². The van der Waals surface area contributed by atoms with Gasteiger partial charge in [-0.1, -0.05) is 48.5 Å². The van der Waals surface area contributed by atoms with Gasteiger partial charge < -0.3 is 0 Å². The Morgan fingerprint density at radius 1 is 0.762 bits per heavy atom. The molecule has 0 N–H and O–H groups in total. The van der Waals surface area contributed by atoms with Crippen molar-refractivity contribution in [3.63, 3.8) is 0 Å². The van der Waals surface area contributed by atoms with E-state index in [1.807, 2.05) is 6.07 Å². The van der Waals surface area contributed by atoms with Crippen molar-refractivity contribution in [1.29, 1.82) is 5.26 Å². The van der Waals surface area contributed by atoms with Gasteiger partial charge in [-0.05, 0) is 39.7 Å². The molecule has 0 saturated carbocycles. The van der Waals surface area contributed by atoms with Crippen molar-refractivity contribution >= 4 is 32.9 Å². The molecule has 0 radical (unpaired) electrons. The lowest BCUT2D eigenvalue weighted by Gasteiger charge is -2.10. The zero-order chi connectivity index (χ0) is 14.2. The Kier molecular flexibility index (Phi) is 2.73. The Hall–Kier alpha value is -2.63. The maximum Gasteiger partial charge on any atom is 0.110 e. The van der Waals surface area contributed by atoms with E-state index < -0.39 is 0 Å². The van der Waals surface area contributed by atoms with Gasteiger partial charge >= 0.3 is 0 Å². The van der Waals surface area contributed by atoms with E-state index in [9.17, 15) is 0 Å². The first kappa shape index (κ1) is 12.1. The third-order valence-electron chi connectivity index (χ3n) is 3.73. The highest BCUT2D eigenvalue weighted by molar-refractivity contribution is 7.16. The van der Waals surface area contributed by atoms with Crippen LogP contribution >= 0.6 is 11.3 Å². The van der Waals surface area contributed by atoms with Crippen LogP contribution in [0.1, 0.15) is 4.88 Å². The largest absolute Gasteiger partial charge is 0.192 e. The van der Waals surface area contributed by atoms with Crippen molar-refractivity contribution < 1.29 is 0 Å². The Labute approximate surface area is 126 Å². The summed E-state index contributed by atoms with van der Waals surface area (Å²) in [6.07, 6.45) is 0. The molecule has 0 bridgehead atoms. The molecule has 0 spiro atoms. The van der Waals surface area contributed by atoms with Crippen LogP contribution in [0.2, 0.25) is 0 Å². The molecule has 0 amide bonds. The Morgan fingerprint density at radius 2 is 1.38 bits per heavy atom. The van der Waals surface area contributed by atoms with Crippen LogP contribution in [-0.4, -0.2) is 0 Å². The highest BCUT2D eigenvalue weighted by Gasteiger charge is 2.11. The fraction of sp³-hybridized carbons (Fsp3) is 0. The van der Waals surface area contributed by atoms with Crippen LogP contribution in [-0.2, 0) is 0 Å². The van der Waals surface area contributed by atoms with Gasteiger partial charge in [0.2, 0.25) is 0 Å². The number of hydrogen-bond donors (Lipinski definition) is 0. The van der Waals surface area contributed by atoms with E-state index in [4.69, 9.17) is 5.26 Å². The lowest BCUT2D eigenvalue weighted by Crippen LogP contribution is -1.82. The summed E-state index contributed by atoms with van der Waals surface area (Å²) in [6, 6.07) is 25.3. The van der Waals surface area contributed by atoms with Gasteiger partial charge in [0.05, 0.1) is 0 Å². The molecule has 4 rings (SSSR count).